The molecule has 200 valence electrons. The lowest BCUT2D eigenvalue weighted by molar-refractivity contribution is -0.143. The second-order valence-corrected chi connectivity index (χ2v) is 9.96. The van der Waals surface area contributed by atoms with Crippen molar-refractivity contribution in [1.82, 2.24) is 4.90 Å². The summed E-state index contributed by atoms with van der Waals surface area (Å²) in [5.74, 6) is -2.04. The number of methoxy groups -OCH3 is 1. The van der Waals surface area contributed by atoms with Gasteiger partial charge in [-0.3, -0.25) is 19.3 Å². The summed E-state index contributed by atoms with van der Waals surface area (Å²) in [5, 5.41) is 2.12. The van der Waals surface area contributed by atoms with Gasteiger partial charge in [-0.1, -0.05) is 24.6 Å². The quantitative estimate of drug-likeness (QED) is 0.290. The monoisotopic (exact) mass is 624 g/mol. The first-order chi connectivity index (χ1) is 18.1. The van der Waals surface area contributed by atoms with E-state index in [1.165, 1.54) is 31.4 Å². The van der Waals surface area contributed by atoms with Crippen molar-refractivity contribution >= 4 is 80.0 Å². The molecule has 2 aromatic carbocycles. The van der Waals surface area contributed by atoms with Crippen LogP contribution < -0.4 is 10.1 Å². The molecule has 1 fully saturated rings. The lowest BCUT2D eigenvalue weighted by Crippen LogP contribution is -2.36. The number of carbonyl (C=O) groups is 5. The molecule has 1 saturated heterocycles. The van der Waals surface area contributed by atoms with E-state index >= 15 is 0 Å². The zero-order valence-corrected chi connectivity index (χ0v) is 23.4. The highest BCUT2D eigenvalue weighted by molar-refractivity contribution is 9.10. The van der Waals surface area contributed by atoms with Gasteiger partial charge < -0.3 is 19.5 Å². The number of ether oxygens (including phenoxy) is 3. The molecule has 3 amide bonds. The fraction of sp³-hybridized carbons (Fsp3) is 0.240. The largest absolute Gasteiger partial charge is 0.481 e. The van der Waals surface area contributed by atoms with Crippen LogP contribution in [-0.2, 0) is 23.9 Å². The fourth-order valence-corrected chi connectivity index (χ4v) is 4.63. The second kappa shape index (κ2) is 13.4. The Kier molecular flexibility index (Phi) is 10.3. The first-order valence-electron chi connectivity index (χ1n) is 11.1. The molecule has 1 aliphatic heterocycles. The van der Waals surface area contributed by atoms with Gasteiger partial charge in [0, 0.05) is 5.69 Å². The van der Waals surface area contributed by atoms with Gasteiger partial charge in [-0.05, 0) is 76.1 Å². The predicted molar refractivity (Wildman–Crippen MR) is 145 cm³/mol. The molecule has 38 heavy (non-hydrogen) atoms. The average Bonchev–Trinajstić information content (AvgIpc) is 3.14. The normalized spacial score (nSPS) is 14.0. The standard InChI is InChI=1S/C25H22BrClN2O8S/c1-3-8-36-24(33)16-11-15(5-6-18(16)27)28-21(30)12-29-23(32)20(38-25(29)34)10-14-4-7-19(17(26)9-14)37-13-22(31)35-2/h4-7,9-11H,3,8,12-13H2,1-2H3,(H,28,30)/b20-10+. The number of nitrogens with one attached hydrogen (secondary N) is 1. The van der Waals surface area contributed by atoms with Crippen molar-refractivity contribution < 1.29 is 38.2 Å². The average molecular weight is 626 g/mol. The van der Waals surface area contributed by atoms with Gasteiger partial charge in [0.25, 0.3) is 11.1 Å². The Bertz CT molecular complexity index is 1320. The molecule has 2 aromatic rings. The molecule has 1 heterocycles. The van der Waals surface area contributed by atoms with E-state index in [0.29, 0.717) is 34.0 Å². The van der Waals surface area contributed by atoms with E-state index in [4.69, 9.17) is 21.1 Å². The van der Waals surface area contributed by atoms with Crippen LogP contribution in [0.1, 0.15) is 29.3 Å². The number of anilines is 1. The molecule has 1 aliphatic rings. The summed E-state index contributed by atoms with van der Waals surface area (Å²) in [6.07, 6.45) is 2.14. The van der Waals surface area contributed by atoms with Crippen LogP contribution in [0.4, 0.5) is 10.5 Å². The zero-order chi connectivity index (χ0) is 27.8. The van der Waals surface area contributed by atoms with Gasteiger partial charge in [-0.2, -0.15) is 0 Å². The van der Waals surface area contributed by atoms with Gasteiger partial charge in [0.1, 0.15) is 12.3 Å². The van der Waals surface area contributed by atoms with Crippen LogP contribution in [0.3, 0.4) is 0 Å². The number of nitrogens with zero attached hydrogens (tertiary/aromatic N) is 1. The van der Waals surface area contributed by atoms with Gasteiger partial charge in [0.15, 0.2) is 6.61 Å². The van der Waals surface area contributed by atoms with E-state index in [9.17, 15) is 24.0 Å². The Morgan fingerprint density at radius 2 is 1.92 bits per heavy atom. The maximum atomic E-state index is 12.8. The van der Waals surface area contributed by atoms with Crippen LogP contribution >= 0.6 is 39.3 Å². The minimum absolute atomic E-state index is 0.0832. The number of amides is 3. The number of rotatable bonds is 10. The molecule has 0 atom stereocenters. The van der Waals surface area contributed by atoms with E-state index in [-0.39, 0.29) is 34.4 Å². The summed E-state index contributed by atoms with van der Waals surface area (Å²) in [7, 11) is 1.25. The van der Waals surface area contributed by atoms with Crippen molar-refractivity contribution in [3.63, 3.8) is 0 Å². The Morgan fingerprint density at radius 1 is 1.16 bits per heavy atom. The Balaban J connectivity index is 1.65. The SMILES string of the molecule is CCCOC(=O)c1cc(NC(=O)CN2C(=O)S/C(=C/c3ccc(OCC(=O)OC)c(Br)c3)C2=O)ccc1Cl. The van der Waals surface area contributed by atoms with Gasteiger partial charge in [0.2, 0.25) is 5.91 Å². The third kappa shape index (κ3) is 7.59. The summed E-state index contributed by atoms with van der Waals surface area (Å²) in [5.41, 5.74) is 0.922. The first kappa shape index (κ1) is 29.2. The van der Waals surface area contributed by atoms with Crippen molar-refractivity contribution in [2.24, 2.45) is 0 Å². The van der Waals surface area contributed by atoms with E-state index in [1.54, 1.807) is 18.2 Å². The molecule has 0 aliphatic carbocycles. The Hall–Kier alpha value is -3.35. The third-order valence-corrected chi connectivity index (χ3v) is 6.77. The molecular formula is C25H22BrClN2O8S. The number of thioether (sulfide) groups is 1. The van der Waals surface area contributed by atoms with Crippen LogP contribution in [0, 0.1) is 0 Å². The molecule has 0 saturated carbocycles. The van der Waals surface area contributed by atoms with Crippen LogP contribution in [0.25, 0.3) is 6.08 Å². The number of halogens is 2. The van der Waals surface area contributed by atoms with Crippen molar-refractivity contribution in [3.8, 4) is 5.75 Å². The predicted octanol–water partition coefficient (Wildman–Crippen LogP) is 4.90. The molecule has 3 rings (SSSR count). The molecule has 0 unspecified atom stereocenters. The van der Waals surface area contributed by atoms with Crippen LogP contribution in [0.5, 0.6) is 5.75 Å². The Morgan fingerprint density at radius 3 is 2.61 bits per heavy atom. The van der Waals surface area contributed by atoms with E-state index in [0.717, 1.165) is 4.90 Å². The van der Waals surface area contributed by atoms with Gasteiger partial charge in [0.05, 0.1) is 33.7 Å². The number of esters is 2. The number of hydrogen-bond acceptors (Lipinski definition) is 9. The number of carbonyl (C=O) groups excluding carboxylic acids is 5. The van der Waals surface area contributed by atoms with Crippen molar-refractivity contribution in [2.75, 3.05) is 32.2 Å². The maximum Gasteiger partial charge on any atom is 0.343 e. The molecule has 0 bridgehead atoms. The highest BCUT2D eigenvalue weighted by Crippen LogP contribution is 2.34. The van der Waals surface area contributed by atoms with Crippen LogP contribution in [0.2, 0.25) is 5.02 Å². The molecule has 0 aromatic heterocycles. The van der Waals surface area contributed by atoms with Gasteiger partial charge >= 0.3 is 11.9 Å². The summed E-state index contributed by atoms with van der Waals surface area (Å²) >= 11 is 10.1. The minimum Gasteiger partial charge on any atom is -0.481 e. The summed E-state index contributed by atoms with van der Waals surface area (Å²) in [6.45, 7) is 1.29. The molecule has 0 spiro atoms. The van der Waals surface area contributed by atoms with Crippen molar-refractivity contribution in [1.29, 1.82) is 0 Å². The maximum absolute atomic E-state index is 12.8. The minimum atomic E-state index is -0.640. The number of hydrogen-bond donors (Lipinski definition) is 1. The molecule has 0 radical (unpaired) electrons. The second-order valence-electron chi connectivity index (χ2n) is 7.70. The van der Waals surface area contributed by atoms with Crippen molar-refractivity contribution in [3.05, 3.63) is 61.9 Å². The number of benzene rings is 2. The van der Waals surface area contributed by atoms with Gasteiger partial charge in [-0.25, -0.2) is 9.59 Å². The zero-order valence-electron chi connectivity index (χ0n) is 20.2. The third-order valence-electron chi connectivity index (χ3n) is 4.91. The molecule has 13 heteroatoms. The molecule has 1 N–H and O–H groups in total. The lowest BCUT2D eigenvalue weighted by Gasteiger charge is -2.13. The summed E-state index contributed by atoms with van der Waals surface area (Å²) in [6, 6.07) is 9.17. The van der Waals surface area contributed by atoms with E-state index < -0.39 is 35.5 Å². The highest BCUT2D eigenvalue weighted by Gasteiger charge is 2.36. The molecular weight excluding hydrogens is 604 g/mol. The highest BCUT2D eigenvalue weighted by atomic mass is 79.9. The summed E-state index contributed by atoms with van der Waals surface area (Å²) in [4.78, 5) is 62.3. The topological polar surface area (TPSA) is 128 Å². The van der Waals surface area contributed by atoms with Gasteiger partial charge in [-0.15, -0.1) is 0 Å². The molecule has 10 nitrogen and oxygen atoms in total. The lowest BCUT2D eigenvalue weighted by atomic mass is 10.2. The Labute approximate surface area is 235 Å². The fourth-order valence-electron chi connectivity index (χ4n) is 3.08. The van der Waals surface area contributed by atoms with E-state index in [2.05, 4.69) is 26.0 Å². The first-order valence-corrected chi connectivity index (χ1v) is 13.1. The van der Waals surface area contributed by atoms with E-state index in [1.807, 2.05) is 6.92 Å². The van der Waals surface area contributed by atoms with Crippen LogP contribution in [-0.4, -0.2) is 60.8 Å². The van der Waals surface area contributed by atoms with Crippen LogP contribution in [0.15, 0.2) is 45.8 Å². The summed E-state index contributed by atoms with van der Waals surface area (Å²) < 4.78 is 15.5. The van der Waals surface area contributed by atoms with Crippen molar-refractivity contribution in [2.45, 2.75) is 13.3 Å². The smallest absolute Gasteiger partial charge is 0.343 e. The number of imide groups is 1.